The predicted molar refractivity (Wildman–Crippen MR) is 45.9 cm³/mol. The predicted octanol–water partition coefficient (Wildman–Crippen LogP) is 3.23. The molecule has 54 valence electrons. The minimum atomic E-state index is 1.19. The Balaban J connectivity index is 2.77. The Labute approximate surface area is 62.9 Å². The van der Waals surface area contributed by atoms with E-state index in [9.17, 15) is 0 Å². The van der Waals surface area contributed by atoms with Crippen LogP contribution in [-0.4, -0.2) is 0 Å². The van der Waals surface area contributed by atoms with Crippen molar-refractivity contribution in [3.63, 3.8) is 0 Å². The average molecular weight is 134 g/mol. The van der Waals surface area contributed by atoms with Gasteiger partial charge in [-0.3, -0.25) is 0 Å². The highest BCUT2D eigenvalue weighted by Gasteiger charge is 1.90. The minimum absolute atomic E-state index is 1.19. The van der Waals surface area contributed by atoms with E-state index in [1.807, 2.05) is 0 Å². The first kappa shape index (κ1) is 7.33. The van der Waals surface area contributed by atoms with Crippen molar-refractivity contribution in [3.8, 4) is 0 Å². The average Bonchev–Trinajstić information content (AvgIpc) is 1.83. The molecule has 0 heteroatoms. The van der Waals surface area contributed by atoms with Gasteiger partial charge in [-0.1, -0.05) is 35.5 Å². The molecule has 0 heterocycles. The highest BCUT2D eigenvalue weighted by atomic mass is 14.0. The van der Waals surface area contributed by atoms with Gasteiger partial charge in [0.05, 0.1) is 0 Å². The molecule has 0 nitrogen and oxygen atoms in total. The molecule has 0 aliphatic heterocycles. The van der Waals surface area contributed by atoms with Crippen molar-refractivity contribution in [2.45, 2.75) is 26.7 Å². The van der Waals surface area contributed by atoms with E-state index in [-0.39, 0.29) is 0 Å². The number of allylic oxidation sites excluding steroid dienone is 6. The van der Waals surface area contributed by atoms with Crippen molar-refractivity contribution in [1.82, 2.24) is 0 Å². The van der Waals surface area contributed by atoms with Crippen molar-refractivity contribution in [1.29, 1.82) is 0 Å². The van der Waals surface area contributed by atoms with E-state index in [2.05, 4.69) is 38.2 Å². The Morgan fingerprint density at radius 1 is 1.30 bits per heavy atom. The van der Waals surface area contributed by atoms with E-state index >= 15 is 0 Å². The molecule has 1 aliphatic rings. The van der Waals surface area contributed by atoms with Crippen LogP contribution in [0.25, 0.3) is 0 Å². The molecular weight excluding hydrogens is 120 g/mol. The topological polar surface area (TPSA) is 0 Å². The zero-order chi connectivity index (χ0) is 7.40. The summed E-state index contributed by atoms with van der Waals surface area (Å²) in [5, 5.41) is 0. The Hall–Kier alpha value is -0.780. The van der Waals surface area contributed by atoms with Gasteiger partial charge in [-0.25, -0.2) is 0 Å². The van der Waals surface area contributed by atoms with E-state index in [0.717, 1.165) is 0 Å². The molecule has 0 spiro atoms. The molecule has 0 unspecified atom stereocenters. The fourth-order valence-corrected chi connectivity index (χ4v) is 1.14. The molecule has 0 aromatic carbocycles. The second-order valence-electron chi connectivity index (χ2n) is 2.87. The maximum Gasteiger partial charge on any atom is -0.0285 e. The molecular formula is C10H14. The van der Waals surface area contributed by atoms with Gasteiger partial charge in [0, 0.05) is 0 Å². The quantitative estimate of drug-likeness (QED) is 0.477. The van der Waals surface area contributed by atoms with Crippen molar-refractivity contribution in [2.75, 3.05) is 0 Å². The monoisotopic (exact) mass is 134 g/mol. The van der Waals surface area contributed by atoms with Gasteiger partial charge in [0.15, 0.2) is 0 Å². The fourth-order valence-electron chi connectivity index (χ4n) is 1.14. The highest BCUT2D eigenvalue weighted by molar-refractivity contribution is 5.26. The van der Waals surface area contributed by atoms with Crippen molar-refractivity contribution in [3.05, 3.63) is 35.5 Å². The standard InChI is InChI=1S/C10H14/c1-9-6-4-3-5-7-10(2)8-9/h3-4,6,8H,5,7H2,1-2H3/b4-3-,9-6?,10-8?. The zero-order valence-electron chi connectivity index (χ0n) is 6.72. The molecule has 0 saturated heterocycles. The summed E-state index contributed by atoms with van der Waals surface area (Å²) in [7, 11) is 0. The summed E-state index contributed by atoms with van der Waals surface area (Å²) in [4.78, 5) is 0. The van der Waals surface area contributed by atoms with Gasteiger partial charge in [0.2, 0.25) is 0 Å². The Morgan fingerprint density at radius 3 is 2.90 bits per heavy atom. The molecule has 1 aliphatic carbocycles. The molecule has 0 aromatic rings. The van der Waals surface area contributed by atoms with E-state index in [0.29, 0.717) is 0 Å². The Morgan fingerprint density at radius 2 is 2.10 bits per heavy atom. The van der Waals surface area contributed by atoms with Gasteiger partial charge in [-0.2, -0.15) is 0 Å². The van der Waals surface area contributed by atoms with E-state index in [1.54, 1.807) is 0 Å². The van der Waals surface area contributed by atoms with Crippen molar-refractivity contribution in [2.24, 2.45) is 0 Å². The van der Waals surface area contributed by atoms with Crippen LogP contribution in [-0.2, 0) is 0 Å². The summed E-state index contributed by atoms with van der Waals surface area (Å²) >= 11 is 0. The second-order valence-corrected chi connectivity index (χ2v) is 2.87. The van der Waals surface area contributed by atoms with E-state index in [1.165, 1.54) is 24.0 Å². The number of hydrogen-bond donors (Lipinski definition) is 0. The number of hydrogen-bond acceptors (Lipinski definition) is 0. The van der Waals surface area contributed by atoms with Gasteiger partial charge in [0.25, 0.3) is 0 Å². The third-order valence-corrected chi connectivity index (χ3v) is 1.67. The lowest BCUT2D eigenvalue weighted by atomic mass is 10.1. The lowest BCUT2D eigenvalue weighted by molar-refractivity contribution is 0.971. The summed E-state index contributed by atoms with van der Waals surface area (Å²) < 4.78 is 0. The van der Waals surface area contributed by atoms with Crippen LogP contribution in [0.4, 0.5) is 0 Å². The van der Waals surface area contributed by atoms with Crippen LogP contribution < -0.4 is 0 Å². The van der Waals surface area contributed by atoms with E-state index < -0.39 is 0 Å². The number of rotatable bonds is 0. The van der Waals surface area contributed by atoms with Gasteiger partial charge < -0.3 is 0 Å². The van der Waals surface area contributed by atoms with E-state index in [4.69, 9.17) is 0 Å². The van der Waals surface area contributed by atoms with Crippen LogP contribution in [0.5, 0.6) is 0 Å². The molecule has 0 aromatic heterocycles. The van der Waals surface area contributed by atoms with Crippen molar-refractivity contribution >= 4 is 0 Å². The molecule has 0 radical (unpaired) electrons. The van der Waals surface area contributed by atoms with Crippen LogP contribution in [0.3, 0.4) is 0 Å². The molecule has 0 atom stereocenters. The van der Waals surface area contributed by atoms with Crippen LogP contribution in [0.1, 0.15) is 26.7 Å². The first-order valence-electron chi connectivity index (χ1n) is 3.79. The van der Waals surface area contributed by atoms with Crippen LogP contribution in [0.2, 0.25) is 0 Å². The third-order valence-electron chi connectivity index (χ3n) is 1.67. The molecule has 0 N–H and O–H groups in total. The molecule has 0 fully saturated rings. The summed E-state index contributed by atoms with van der Waals surface area (Å²) in [5.41, 5.74) is 2.84. The third kappa shape index (κ3) is 2.22. The first-order chi connectivity index (χ1) is 4.79. The minimum Gasteiger partial charge on any atom is -0.0842 e. The largest absolute Gasteiger partial charge is 0.0842 e. The fraction of sp³-hybridized carbons (Fsp3) is 0.400. The van der Waals surface area contributed by atoms with Crippen LogP contribution >= 0.6 is 0 Å². The summed E-state index contributed by atoms with van der Waals surface area (Å²) in [5.74, 6) is 0. The first-order valence-corrected chi connectivity index (χ1v) is 3.79. The zero-order valence-corrected chi connectivity index (χ0v) is 6.72. The highest BCUT2D eigenvalue weighted by Crippen LogP contribution is 2.11. The maximum absolute atomic E-state index is 2.25. The summed E-state index contributed by atoms with van der Waals surface area (Å²) in [6.45, 7) is 4.33. The molecule has 1 rings (SSSR count). The lowest BCUT2D eigenvalue weighted by Crippen LogP contribution is -1.80. The summed E-state index contributed by atoms with van der Waals surface area (Å²) in [6, 6.07) is 0. The Kier molecular flexibility index (Phi) is 2.49. The van der Waals surface area contributed by atoms with Gasteiger partial charge in [-0.15, -0.1) is 0 Å². The molecule has 0 amide bonds. The smallest absolute Gasteiger partial charge is 0.0285 e. The molecule has 0 bridgehead atoms. The normalized spacial score (nSPS) is 22.2. The lowest BCUT2D eigenvalue weighted by Gasteiger charge is -2.00. The summed E-state index contributed by atoms with van der Waals surface area (Å²) in [6.07, 6.45) is 11.2. The van der Waals surface area contributed by atoms with Crippen LogP contribution in [0, 0.1) is 0 Å². The SMILES string of the molecule is CC1=C/C=C\CCC(C)=C1. The second kappa shape index (κ2) is 3.40. The molecule has 10 heavy (non-hydrogen) atoms. The van der Waals surface area contributed by atoms with Crippen molar-refractivity contribution < 1.29 is 0 Å². The molecule has 0 saturated carbocycles. The van der Waals surface area contributed by atoms with Gasteiger partial charge in [0.1, 0.15) is 0 Å². The van der Waals surface area contributed by atoms with Gasteiger partial charge in [-0.05, 0) is 26.7 Å². The maximum atomic E-state index is 2.25. The Bertz CT molecular complexity index is 192. The van der Waals surface area contributed by atoms with Gasteiger partial charge >= 0.3 is 0 Å². The van der Waals surface area contributed by atoms with Crippen LogP contribution in [0.15, 0.2) is 35.5 Å².